The van der Waals surface area contributed by atoms with E-state index in [0.717, 1.165) is 0 Å². The standard InChI is InChI=1S/C11H18ClN3O2S/c1-4-11(3,5-2)15-18(16,17)8-6-9(12)10(13)14-7-8/h6-7,15H,4-5H2,1-3H3,(H2,13,14). The minimum Gasteiger partial charge on any atom is -0.382 e. The molecule has 0 spiro atoms. The third-order valence-corrected chi connectivity index (χ3v) is 5.00. The average Bonchev–Trinajstić information content (AvgIpc) is 2.32. The highest BCUT2D eigenvalue weighted by Crippen LogP contribution is 2.22. The molecule has 0 aliphatic rings. The Hall–Kier alpha value is -0.850. The second-order valence-electron chi connectivity index (χ2n) is 4.41. The molecule has 0 fully saturated rings. The first-order valence-corrected chi connectivity index (χ1v) is 7.55. The smallest absolute Gasteiger partial charge is 0.242 e. The van der Waals surface area contributed by atoms with Gasteiger partial charge in [-0.3, -0.25) is 0 Å². The molecule has 5 nitrogen and oxygen atoms in total. The van der Waals surface area contributed by atoms with Crippen LogP contribution in [0.15, 0.2) is 17.2 Å². The number of aromatic nitrogens is 1. The van der Waals surface area contributed by atoms with E-state index in [9.17, 15) is 8.42 Å². The molecule has 102 valence electrons. The molecule has 0 atom stereocenters. The predicted molar refractivity (Wildman–Crippen MR) is 73.0 cm³/mol. The van der Waals surface area contributed by atoms with Gasteiger partial charge in [-0.25, -0.2) is 18.1 Å². The Morgan fingerprint density at radius 3 is 2.44 bits per heavy atom. The number of anilines is 1. The summed E-state index contributed by atoms with van der Waals surface area (Å²) in [6, 6.07) is 1.30. The fraction of sp³-hybridized carbons (Fsp3) is 0.545. The fourth-order valence-corrected chi connectivity index (χ4v) is 3.11. The van der Waals surface area contributed by atoms with Gasteiger partial charge in [-0.1, -0.05) is 25.4 Å². The highest BCUT2D eigenvalue weighted by molar-refractivity contribution is 7.89. The first kappa shape index (κ1) is 15.2. The van der Waals surface area contributed by atoms with Crippen molar-refractivity contribution in [2.75, 3.05) is 5.73 Å². The summed E-state index contributed by atoms with van der Waals surface area (Å²) < 4.78 is 27.0. The molecule has 0 aromatic carbocycles. The van der Waals surface area contributed by atoms with Crippen molar-refractivity contribution < 1.29 is 8.42 Å². The van der Waals surface area contributed by atoms with Gasteiger partial charge in [0.2, 0.25) is 10.0 Å². The maximum Gasteiger partial charge on any atom is 0.242 e. The van der Waals surface area contributed by atoms with E-state index in [0.29, 0.717) is 12.8 Å². The minimum atomic E-state index is -3.63. The molecule has 1 rings (SSSR count). The highest BCUT2D eigenvalue weighted by atomic mass is 35.5. The number of hydrogen-bond donors (Lipinski definition) is 2. The molecule has 7 heteroatoms. The Labute approximate surface area is 113 Å². The molecule has 0 radical (unpaired) electrons. The van der Waals surface area contributed by atoms with E-state index in [-0.39, 0.29) is 15.7 Å². The third kappa shape index (κ3) is 3.34. The second kappa shape index (κ2) is 5.42. The molecule has 0 amide bonds. The van der Waals surface area contributed by atoms with Crippen LogP contribution >= 0.6 is 11.6 Å². The summed E-state index contributed by atoms with van der Waals surface area (Å²) in [7, 11) is -3.63. The number of sulfonamides is 1. The van der Waals surface area contributed by atoms with Gasteiger partial charge in [-0.2, -0.15) is 0 Å². The van der Waals surface area contributed by atoms with Crippen molar-refractivity contribution in [3.8, 4) is 0 Å². The molecule has 18 heavy (non-hydrogen) atoms. The van der Waals surface area contributed by atoms with Crippen molar-refractivity contribution in [2.24, 2.45) is 0 Å². The van der Waals surface area contributed by atoms with Gasteiger partial charge in [0.15, 0.2) is 0 Å². The number of nitrogens with two attached hydrogens (primary N) is 1. The average molecular weight is 292 g/mol. The van der Waals surface area contributed by atoms with Crippen molar-refractivity contribution >= 4 is 27.4 Å². The lowest BCUT2D eigenvalue weighted by molar-refractivity contribution is 0.388. The number of rotatable bonds is 5. The second-order valence-corrected chi connectivity index (χ2v) is 6.50. The molecule has 1 aromatic rings. The first-order valence-electron chi connectivity index (χ1n) is 5.69. The van der Waals surface area contributed by atoms with Crippen molar-refractivity contribution in [1.29, 1.82) is 0 Å². The van der Waals surface area contributed by atoms with Crippen LogP contribution in [0.1, 0.15) is 33.6 Å². The summed E-state index contributed by atoms with van der Waals surface area (Å²) >= 11 is 5.78. The number of pyridine rings is 1. The fourth-order valence-electron chi connectivity index (χ4n) is 1.36. The Morgan fingerprint density at radius 1 is 1.44 bits per heavy atom. The monoisotopic (exact) mass is 291 g/mol. The maximum absolute atomic E-state index is 12.2. The van der Waals surface area contributed by atoms with Crippen LogP contribution in [0.2, 0.25) is 5.02 Å². The van der Waals surface area contributed by atoms with E-state index < -0.39 is 15.6 Å². The Bertz CT molecular complexity index is 527. The number of nitrogens with zero attached hydrogens (tertiary/aromatic N) is 1. The van der Waals surface area contributed by atoms with Crippen molar-refractivity contribution in [3.05, 3.63) is 17.3 Å². The van der Waals surface area contributed by atoms with Crippen LogP contribution in [-0.4, -0.2) is 18.9 Å². The summed E-state index contributed by atoms with van der Waals surface area (Å²) in [5.74, 6) is 0.115. The summed E-state index contributed by atoms with van der Waals surface area (Å²) in [6.45, 7) is 5.72. The van der Waals surface area contributed by atoms with Gasteiger partial charge in [0.1, 0.15) is 10.7 Å². The number of nitrogen functional groups attached to an aromatic ring is 1. The van der Waals surface area contributed by atoms with Gasteiger partial charge < -0.3 is 5.73 Å². The normalized spacial score (nSPS) is 12.7. The zero-order chi connectivity index (χ0) is 14.0. The van der Waals surface area contributed by atoms with E-state index in [4.69, 9.17) is 17.3 Å². The Morgan fingerprint density at radius 2 is 2.00 bits per heavy atom. The van der Waals surface area contributed by atoms with E-state index in [1.165, 1.54) is 12.3 Å². The SMILES string of the molecule is CCC(C)(CC)NS(=O)(=O)c1cnc(N)c(Cl)c1. The lowest BCUT2D eigenvalue weighted by atomic mass is 9.98. The zero-order valence-corrected chi connectivity index (χ0v) is 12.3. The number of hydrogen-bond acceptors (Lipinski definition) is 4. The molecular weight excluding hydrogens is 274 g/mol. The van der Waals surface area contributed by atoms with Crippen LogP contribution in [-0.2, 0) is 10.0 Å². The van der Waals surface area contributed by atoms with Crippen molar-refractivity contribution in [1.82, 2.24) is 9.71 Å². The van der Waals surface area contributed by atoms with Gasteiger partial charge in [0.05, 0.1) is 5.02 Å². The molecule has 0 saturated carbocycles. The molecule has 0 aliphatic heterocycles. The molecule has 0 unspecified atom stereocenters. The van der Waals surface area contributed by atoms with Gasteiger partial charge in [-0.15, -0.1) is 0 Å². The van der Waals surface area contributed by atoms with E-state index in [2.05, 4.69) is 9.71 Å². The quantitative estimate of drug-likeness (QED) is 0.871. The summed E-state index contributed by atoms with van der Waals surface area (Å²) in [6.07, 6.45) is 2.59. The summed E-state index contributed by atoms with van der Waals surface area (Å²) in [4.78, 5) is 3.78. The van der Waals surface area contributed by atoms with Crippen LogP contribution in [0.3, 0.4) is 0 Å². The highest BCUT2D eigenvalue weighted by Gasteiger charge is 2.27. The van der Waals surface area contributed by atoms with Crippen molar-refractivity contribution in [3.63, 3.8) is 0 Å². The van der Waals surface area contributed by atoms with Crippen LogP contribution in [0.4, 0.5) is 5.82 Å². The molecule has 1 aromatic heterocycles. The lowest BCUT2D eigenvalue weighted by Crippen LogP contribution is -2.44. The molecule has 1 heterocycles. The van der Waals surface area contributed by atoms with Crippen LogP contribution in [0.5, 0.6) is 0 Å². The van der Waals surface area contributed by atoms with E-state index in [1.54, 1.807) is 0 Å². The zero-order valence-electron chi connectivity index (χ0n) is 10.7. The van der Waals surface area contributed by atoms with E-state index >= 15 is 0 Å². The van der Waals surface area contributed by atoms with Crippen molar-refractivity contribution in [2.45, 2.75) is 44.0 Å². The summed E-state index contributed by atoms with van der Waals surface area (Å²) in [5, 5.41) is 0.132. The van der Waals surface area contributed by atoms with Crippen LogP contribution in [0, 0.1) is 0 Å². The maximum atomic E-state index is 12.2. The number of nitrogens with one attached hydrogen (secondary N) is 1. The van der Waals surface area contributed by atoms with Gasteiger partial charge >= 0.3 is 0 Å². The molecule has 0 saturated heterocycles. The molecular formula is C11H18ClN3O2S. The Kier molecular flexibility index (Phi) is 4.58. The van der Waals surface area contributed by atoms with Gasteiger partial charge in [-0.05, 0) is 25.8 Å². The van der Waals surface area contributed by atoms with Crippen LogP contribution in [0.25, 0.3) is 0 Å². The Balaban J connectivity index is 3.10. The van der Waals surface area contributed by atoms with E-state index in [1.807, 2.05) is 20.8 Å². The molecule has 0 bridgehead atoms. The minimum absolute atomic E-state index is 0.0230. The largest absolute Gasteiger partial charge is 0.382 e. The topological polar surface area (TPSA) is 85.1 Å². The number of halogens is 1. The van der Waals surface area contributed by atoms with Gasteiger partial charge in [0.25, 0.3) is 0 Å². The van der Waals surface area contributed by atoms with Crippen LogP contribution < -0.4 is 10.5 Å². The molecule has 0 aliphatic carbocycles. The summed E-state index contributed by atoms with van der Waals surface area (Å²) in [5.41, 5.74) is 4.97. The molecule has 3 N–H and O–H groups in total. The van der Waals surface area contributed by atoms with Gasteiger partial charge in [0, 0.05) is 11.7 Å². The lowest BCUT2D eigenvalue weighted by Gasteiger charge is -2.27. The third-order valence-electron chi connectivity index (χ3n) is 3.10. The first-order chi connectivity index (χ1) is 8.24. The predicted octanol–water partition coefficient (Wildman–Crippen LogP) is 2.17.